The second kappa shape index (κ2) is 5.84. The first-order valence-corrected chi connectivity index (χ1v) is 7.72. The van der Waals surface area contributed by atoms with Gasteiger partial charge in [-0.05, 0) is 29.2 Å². The molecule has 0 aliphatic rings. The van der Waals surface area contributed by atoms with Crippen molar-refractivity contribution in [2.45, 2.75) is 26.2 Å². The largest absolute Gasteiger partial charge is 0.320 e. The van der Waals surface area contributed by atoms with Crippen molar-refractivity contribution in [3.63, 3.8) is 0 Å². The molecule has 23 heavy (non-hydrogen) atoms. The number of nitrogens with zero attached hydrogens (tertiary/aromatic N) is 1. The number of hydrogen-bond acceptors (Lipinski definition) is 2. The van der Waals surface area contributed by atoms with Crippen molar-refractivity contribution < 1.29 is 4.79 Å². The molecule has 1 amide bonds. The predicted octanol–water partition coefficient (Wildman–Crippen LogP) is 4.78. The van der Waals surface area contributed by atoms with Crippen molar-refractivity contribution in [1.82, 2.24) is 4.98 Å². The minimum Gasteiger partial charge on any atom is -0.320 e. The summed E-state index contributed by atoms with van der Waals surface area (Å²) in [5.74, 6) is -0.188. The molecule has 0 radical (unpaired) electrons. The molecule has 0 unspecified atom stereocenters. The van der Waals surface area contributed by atoms with Crippen LogP contribution in [0, 0.1) is 0 Å². The molecule has 3 heteroatoms. The summed E-state index contributed by atoms with van der Waals surface area (Å²) in [4.78, 5) is 17.0. The maximum absolute atomic E-state index is 12.6. The molecule has 0 atom stereocenters. The number of carbonyl (C=O) groups is 1. The van der Waals surface area contributed by atoms with Crippen LogP contribution in [0.15, 0.2) is 60.7 Å². The molecular weight excluding hydrogens is 284 g/mol. The Hall–Kier alpha value is -2.68. The van der Waals surface area contributed by atoms with E-state index in [1.165, 1.54) is 0 Å². The van der Waals surface area contributed by atoms with E-state index >= 15 is 0 Å². The number of aromatic nitrogens is 1. The third-order valence-corrected chi connectivity index (χ3v) is 3.81. The summed E-state index contributed by atoms with van der Waals surface area (Å²) in [6.07, 6.45) is 0. The van der Waals surface area contributed by atoms with Crippen molar-refractivity contribution in [2.75, 3.05) is 5.32 Å². The molecule has 3 nitrogen and oxygen atoms in total. The SMILES string of the molecule is CC(C)(C)c1ccccc1NC(=O)c1ccc2ccccc2n1. The Morgan fingerprint density at radius 3 is 2.39 bits per heavy atom. The quantitative estimate of drug-likeness (QED) is 0.740. The molecule has 1 aromatic heterocycles. The van der Waals surface area contributed by atoms with Crippen LogP contribution in [0.4, 0.5) is 5.69 Å². The zero-order valence-corrected chi connectivity index (χ0v) is 13.6. The second-order valence-electron chi connectivity index (χ2n) is 6.64. The fourth-order valence-electron chi connectivity index (χ4n) is 2.62. The molecule has 0 spiro atoms. The zero-order valence-electron chi connectivity index (χ0n) is 13.6. The molecular formula is C20H20N2O. The number of hydrogen-bond donors (Lipinski definition) is 1. The lowest BCUT2D eigenvalue weighted by Crippen LogP contribution is -2.19. The average molecular weight is 304 g/mol. The van der Waals surface area contributed by atoms with Crippen LogP contribution in [0.5, 0.6) is 0 Å². The Labute approximate surface area is 136 Å². The van der Waals surface area contributed by atoms with E-state index in [9.17, 15) is 4.79 Å². The lowest BCUT2D eigenvalue weighted by Gasteiger charge is -2.22. The number of rotatable bonds is 2. The van der Waals surface area contributed by atoms with Crippen molar-refractivity contribution in [2.24, 2.45) is 0 Å². The van der Waals surface area contributed by atoms with E-state index in [-0.39, 0.29) is 11.3 Å². The first-order chi connectivity index (χ1) is 10.9. The number of benzene rings is 2. The molecule has 1 N–H and O–H groups in total. The number of nitrogens with one attached hydrogen (secondary N) is 1. The third kappa shape index (κ3) is 3.24. The highest BCUT2D eigenvalue weighted by molar-refractivity contribution is 6.04. The Balaban J connectivity index is 1.92. The van der Waals surface area contributed by atoms with Crippen LogP contribution in [0.25, 0.3) is 10.9 Å². The van der Waals surface area contributed by atoms with E-state index in [0.717, 1.165) is 22.2 Å². The molecule has 116 valence electrons. The molecule has 3 rings (SSSR count). The molecule has 0 saturated carbocycles. The number of fused-ring (bicyclic) bond motifs is 1. The summed E-state index contributed by atoms with van der Waals surface area (Å²) in [7, 11) is 0. The van der Waals surface area contributed by atoms with Crippen molar-refractivity contribution in [1.29, 1.82) is 0 Å². The molecule has 2 aromatic carbocycles. The molecule has 3 aromatic rings. The highest BCUT2D eigenvalue weighted by Crippen LogP contribution is 2.29. The van der Waals surface area contributed by atoms with Crippen molar-refractivity contribution >= 4 is 22.5 Å². The van der Waals surface area contributed by atoms with Crippen LogP contribution in [0.2, 0.25) is 0 Å². The monoisotopic (exact) mass is 304 g/mol. The van der Waals surface area contributed by atoms with Gasteiger partial charge in [-0.2, -0.15) is 0 Å². The normalized spacial score (nSPS) is 11.4. The van der Waals surface area contributed by atoms with E-state index in [4.69, 9.17) is 0 Å². The van der Waals surface area contributed by atoms with Gasteiger partial charge in [0.05, 0.1) is 5.52 Å². The van der Waals surface area contributed by atoms with Gasteiger partial charge in [-0.1, -0.05) is 63.2 Å². The van der Waals surface area contributed by atoms with Crippen LogP contribution >= 0.6 is 0 Å². The van der Waals surface area contributed by atoms with Gasteiger partial charge in [0, 0.05) is 11.1 Å². The van der Waals surface area contributed by atoms with Crippen LogP contribution < -0.4 is 5.32 Å². The molecule has 0 saturated heterocycles. The summed E-state index contributed by atoms with van der Waals surface area (Å²) >= 11 is 0. The Morgan fingerprint density at radius 1 is 0.913 bits per heavy atom. The fraction of sp³-hybridized carbons (Fsp3) is 0.200. The summed E-state index contributed by atoms with van der Waals surface area (Å²) in [5.41, 5.74) is 3.14. The van der Waals surface area contributed by atoms with Crippen LogP contribution in [-0.4, -0.2) is 10.9 Å². The van der Waals surface area contributed by atoms with Gasteiger partial charge in [0.25, 0.3) is 5.91 Å². The lowest BCUT2D eigenvalue weighted by molar-refractivity contribution is 0.102. The predicted molar refractivity (Wildman–Crippen MR) is 94.8 cm³/mol. The van der Waals surface area contributed by atoms with Gasteiger partial charge >= 0.3 is 0 Å². The summed E-state index contributed by atoms with van der Waals surface area (Å²) in [6, 6.07) is 19.4. The third-order valence-electron chi connectivity index (χ3n) is 3.81. The van der Waals surface area contributed by atoms with Gasteiger partial charge in [0.1, 0.15) is 5.69 Å². The summed E-state index contributed by atoms with van der Waals surface area (Å²) in [6.45, 7) is 6.39. The van der Waals surface area contributed by atoms with Crippen LogP contribution in [0.1, 0.15) is 36.8 Å². The number of anilines is 1. The van der Waals surface area contributed by atoms with Gasteiger partial charge in [0.15, 0.2) is 0 Å². The average Bonchev–Trinajstić information content (AvgIpc) is 2.54. The topological polar surface area (TPSA) is 42.0 Å². The summed E-state index contributed by atoms with van der Waals surface area (Å²) in [5, 5.41) is 4.02. The van der Waals surface area contributed by atoms with Gasteiger partial charge in [-0.15, -0.1) is 0 Å². The maximum Gasteiger partial charge on any atom is 0.274 e. The standard InChI is InChI=1S/C20H20N2O/c1-20(2,3)15-9-5-7-11-17(15)22-19(23)18-13-12-14-8-4-6-10-16(14)21-18/h4-13H,1-3H3,(H,22,23). The van der Waals surface area contributed by atoms with Gasteiger partial charge < -0.3 is 5.32 Å². The Morgan fingerprint density at radius 2 is 1.61 bits per heavy atom. The number of carbonyl (C=O) groups excluding carboxylic acids is 1. The van der Waals surface area contributed by atoms with Crippen LogP contribution in [0.3, 0.4) is 0 Å². The number of amides is 1. The molecule has 0 bridgehead atoms. The van der Waals surface area contributed by atoms with Gasteiger partial charge in [-0.3, -0.25) is 4.79 Å². The van der Waals surface area contributed by atoms with E-state index < -0.39 is 0 Å². The number of para-hydroxylation sites is 2. The summed E-state index contributed by atoms with van der Waals surface area (Å²) < 4.78 is 0. The van der Waals surface area contributed by atoms with Crippen LogP contribution in [-0.2, 0) is 5.41 Å². The second-order valence-corrected chi connectivity index (χ2v) is 6.64. The maximum atomic E-state index is 12.6. The molecule has 0 fully saturated rings. The first-order valence-electron chi connectivity index (χ1n) is 7.72. The number of pyridine rings is 1. The van der Waals surface area contributed by atoms with E-state index in [1.807, 2.05) is 54.6 Å². The molecule has 0 aliphatic carbocycles. The zero-order chi connectivity index (χ0) is 16.4. The van der Waals surface area contributed by atoms with Crippen molar-refractivity contribution in [3.05, 3.63) is 71.9 Å². The van der Waals surface area contributed by atoms with Crippen molar-refractivity contribution in [3.8, 4) is 0 Å². The highest BCUT2D eigenvalue weighted by Gasteiger charge is 2.19. The highest BCUT2D eigenvalue weighted by atomic mass is 16.1. The smallest absolute Gasteiger partial charge is 0.274 e. The first kappa shape index (κ1) is 15.2. The van der Waals surface area contributed by atoms with E-state index in [2.05, 4.69) is 31.1 Å². The molecule has 0 aliphatic heterocycles. The van der Waals surface area contributed by atoms with E-state index in [0.29, 0.717) is 5.69 Å². The minimum atomic E-state index is -0.188. The Kier molecular flexibility index (Phi) is 3.87. The van der Waals surface area contributed by atoms with E-state index in [1.54, 1.807) is 6.07 Å². The fourth-order valence-corrected chi connectivity index (χ4v) is 2.62. The van der Waals surface area contributed by atoms with Gasteiger partial charge in [-0.25, -0.2) is 4.98 Å². The Bertz CT molecular complexity index is 863. The lowest BCUT2D eigenvalue weighted by atomic mass is 9.86. The minimum absolute atomic E-state index is 0.0410. The molecule has 1 heterocycles. The van der Waals surface area contributed by atoms with Gasteiger partial charge in [0.2, 0.25) is 0 Å².